The number of carbonyl (C=O) groups excluding carboxylic acids is 4. The van der Waals surface area contributed by atoms with Gasteiger partial charge in [0, 0.05) is 50.9 Å². The van der Waals surface area contributed by atoms with Crippen LogP contribution >= 0.6 is 48.0 Å². The van der Waals surface area contributed by atoms with Crippen molar-refractivity contribution in [3.63, 3.8) is 0 Å². The summed E-state index contributed by atoms with van der Waals surface area (Å²) in [6.07, 6.45) is 5.62. The number of carbonyl (C=O) groups is 4. The molecule has 16 heteroatoms. The first kappa shape index (κ1) is 44.8. The highest BCUT2D eigenvalue weighted by atomic mass is 32.2. The van der Waals surface area contributed by atoms with Gasteiger partial charge < -0.3 is 38.2 Å². The number of esters is 4. The highest BCUT2D eigenvalue weighted by Crippen LogP contribution is 2.69. The van der Waals surface area contributed by atoms with Crippen LogP contribution in [0.5, 0.6) is 0 Å². The van der Waals surface area contributed by atoms with Crippen molar-refractivity contribution in [2.45, 2.75) is 104 Å². The Kier molecular flexibility index (Phi) is 15.5. The van der Waals surface area contributed by atoms with Gasteiger partial charge in [-0.2, -0.15) is 0 Å². The average molecular weight is 871 g/mol. The summed E-state index contributed by atoms with van der Waals surface area (Å²) in [5.74, 6) is -0.0392. The number of fused-ring (bicyclic) bond motifs is 5. The van der Waals surface area contributed by atoms with Crippen LogP contribution in [0.1, 0.15) is 85.5 Å². The molecule has 320 valence electrons. The van der Waals surface area contributed by atoms with Gasteiger partial charge in [-0.15, -0.1) is 0 Å². The number of thioether (sulfide) groups is 2. The molecule has 0 radical (unpaired) electrons. The Morgan fingerprint density at radius 1 is 0.789 bits per heavy atom. The number of rotatable bonds is 11. The smallest absolute Gasteiger partial charge is 0.316 e. The van der Waals surface area contributed by atoms with Crippen molar-refractivity contribution < 1.29 is 47.6 Å². The summed E-state index contributed by atoms with van der Waals surface area (Å²) in [4.78, 5) is 56.3. The lowest BCUT2D eigenvalue weighted by atomic mass is 9.43. The molecule has 6 aliphatic rings. The Bertz CT molecular complexity index is 1490. The molecule has 0 aromatic carbocycles. The number of hydrogen-bond donors (Lipinski definition) is 0. The SMILES string of the molecule is COC(=O)CC[C@@H](C)[C@H]1CC[C@H]2[C@@H]3[C@H](OC(=O)CSC(=S)N4CCOCC4)CC4C[C@H](OC(C)=O)CC[C@]4(C)[C@H]3C[C@H](OC(=O)CSC(=S)N3CCOCC3)[C@]12C. The van der Waals surface area contributed by atoms with E-state index in [-0.39, 0.29) is 94.6 Å². The van der Waals surface area contributed by atoms with Crippen molar-refractivity contribution in [1.82, 2.24) is 9.80 Å². The molecule has 0 aromatic heterocycles. The second-order valence-corrected chi connectivity index (χ2v) is 20.6. The van der Waals surface area contributed by atoms with Crippen LogP contribution in [-0.4, -0.2) is 132 Å². The number of morpholine rings is 2. The quantitative estimate of drug-likeness (QED) is 0.139. The van der Waals surface area contributed by atoms with E-state index in [1.165, 1.54) is 37.6 Å². The molecule has 2 aliphatic heterocycles. The molecule has 6 rings (SSSR count). The zero-order valence-electron chi connectivity index (χ0n) is 34.2. The standard InChI is InChI=1S/C41H62N2O10S4/c1-25(6-9-34(45)48-5)29-7-8-30-37-31(22-33(41(29,30)4)53-36(47)24-57-39(55)43-14-18-50-19-15-43)40(3)11-10-28(51-26(2)44)20-27(40)21-32(37)52-35(46)23-56-38(54)42-12-16-49-17-13-42/h25,27-33,37H,6-24H2,1-5H3/t25-,27?,28-,29-,30+,31+,32-,33+,37+,40+,41-/m1/s1. The first-order valence-electron chi connectivity index (χ1n) is 20.9. The molecule has 1 unspecified atom stereocenters. The van der Waals surface area contributed by atoms with Gasteiger partial charge in [0.05, 0.1) is 45.0 Å². The maximum absolute atomic E-state index is 13.9. The van der Waals surface area contributed by atoms with Crippen molar-refractivity contribution in [3.05, 3.63) is 0 Å². The van der Waals surface area contributed by atoms with Gasteiger partial charge in [0.1, 0.15) is 27.0 Å². The predicted molar refractivity (Wildman–Crippen MR) is 227 cm³/mol. The molecule has 0 aromatic rings. The molecule has 2 saturated heterocycles. The van der Waals surface area contributed by atoms with E-state index in [2.05, 4.69) is 30.6 Å². The molecule has 6 fully saturated rings. The zero-order chi connectivity index (χ0) is 40.9. The summed E-state index contributed by atoms with van der Waals surface area (Å²) in [7, 11) is 1.42. The van der Waals surface area contributed by atoms with Crippen LogP contribution in [0.15, 0.2) is 0 Å². The minimum atomic E-state index is -0.419. The summed E-state index contributed by atoms with van der Waals surface area (Å²) in [6.45, 7) is 13.6. The van der Waals surface area contributed by atoms with E-state index in [4.69, 9.17) is 52.9 Å². The first-order valence-corrected chi connectivity index (χ1v) is 23.6. The Morgan fingerprint density at radius 2 is 1.39 bits per heavy atom. The Labute approximate surface area is 357 Å². The summed E-state index contributed by atoms with van der Waals surface area (Å²) in [5.41, 5.74) is -0.554. The Morgan fingerprint density at radius 3 is 1.96 bits per heavy atom. The van der Waals surface area contributed by atoms with Crippen molar-refractivity contribution in [2.24, 2.45) is 46.3 Å². The maximum atomic E-state index is 13.9. The normalized spacial score (nSPS) is 35.5. The molecule has 57 heavy (non-hydrogen) atoms. The van der Waals surface area contributed by atoms with Crippen molar-refractivity contribution >= 4 is 80.5 Å². The van der Waals surface area contributed by atoms with Crippen LogP contribution in [0, 0.1) is 46.3 Å². The lowest BCUT2D eigenvalue weighted by Crippen LogP contribution is -2.63. The van der Waals surface area contributed by atoms with Gasteiger partial charge in [0.2, 0.25) is 0 Å². The van der Waals surface area contributed by atoms with Crippen LogP contribution in [0.4, 0.5) is 0 Å². The fourth-order valence-electron chi connectivity index (χ4n) is 11.7. The van der Waals surface area contributed by atoms with E-state index in [1.54, 1.807) is 0 Å². The first-order chi connectivity index (χ1) is 27.2. The second-order valence-electron chi connectivity index (χ2n) is 17.4. The molecule has 12 nitrogen and oxygen atoms in total. The number of ether oxygens (including phenoxy) is 6. The molecule has 0 bridgehead atoms. The predicted octanol–water partition coefficient (Wildman–Crippen LogP) is 5.91. The highest BCUT2D eigenvalue weighted by molar-refractivity contribution is 8.23. The largest absolute Gasteiger partial charge is 0.469 e. The van der Waals surface area contributed by atoms with E-state index >= 15 is 0 Å². The average Bonchev–Trinajstić information content (AvgIpc) is 3.57. The third-order valence-corrected chi connectivity index (χ3v) is 17.5. The van der Waals surface area contributed by atoms with Crippen LogP contribution in [0.25, 0.3) is 0 Å². The van der Waals surface area contributed by atoms with Crippen LogP contribution in [-0.2, 0) is 47.6 Å². The molecular formula is C41H62N2O10S4. The van der Waals surface area contributed by atoms with Gasteiger partial charge in [-0.1, -0.05) is 68.7 Å². The molecule has 0 amide bonds. The van der Waals surface area contributed by atoms with E-state index in [0.29, 0.717) is 93.4 Å². The van der Waals surface area contributed by atoms with Gasteiger partial charge >= 0.3 is 23.9 Å². The van der Waals surface area contributed by atoms with Gasteiger partial charge in [-0.25, -0.2) is 0 Å². The van der Waals surface area contributed by atoms with Crippen molar-refractivity contribution in [2.75, 3.05) is 71.2 Å². The van der Waals surface area contributed by atoms with E-state index < -0.39 is 5.41 Å². The Hall–Kier alpha value is -1.72. The number of nitrogens with zero attached hydrogens (tertiary/aromatic N) is 2. The fraction of sp³-hybridized carbons (Fsp3) is 0.854. The van der Waals surface area contributed by atoms with Crippen LogP contribution in [0.2, 0.25) is 0 Å². The minimum Gasteiger partial charge on any atom is -0.469 e. The lowest BCUT2D eigenvalue weighted by Gasteiger charge is -2.64. The van der Waals surface area contributed by atoms with Crippen LogP contribution in [0.3, 0.4) is 0 Å². The summed E-state index contributed by atoms with van der Waals surface area (Å²) < 4.78 is 36.5. The molecule has 2 heterocycles. The lowest BCUT2D eigenvalue weighted by molar-refractivity contribution is -0.224. The van der Waals surface area contributed by atoms with Gasteiger partial charge in [-0.3, -0.25) is 19.2 Å². The molecule has 11 atom stereocenters. The number of methoxy groups -OCH3 is 1. The third kappa shape index (κ3) is 10.3. The van der Waals surface area contributed by atoms with Crippen molar-refractivity contribution in [1.29, 1.82) is 0 Å². The molecule has 0 spiro atoms. The summed E-state index contributed by atoms with van der Waals surface area (Å²) in [6, 6.07) is 0. The fourth-order valence-corrected chi connectivity index (χ4v) is 13.7. The van der Waals surface area contributed by atoms with Gasteiger partial charge in [0.15, 0.2) is 0 Å². The Balaban J connectivity index is 1.27. The van der Waals surface area contributed by atoms with Gasteiger partial charge in [-0.05, 0) is 86.4 Å². The van der Waals surface area contributed by atoms with Gasteiger partial charge in [0.25, 0.3) is 0 Å². The van der Waals surface area contributed by atoms with E-state index in [0.717, 1.165) is 25.7 Å². The van der Waals surface area contributed by atoms with E-state index in [1.807, 2.05) is 0 Å². The molecule has 4 aliphatic carbocycles. The summed E-state index contributed by atoms with van der Waals surface area (Å²) >= 11 is 14.1. The van der Waals surface area contributed by atoms with E-state index in [9.17, 15) is 19.2 Å². The molecule has 0 N–H and O–H groups in total. The topological polar surface area (TPSA) is 130 Å². The second kappa shape index (κ2) is 19.8. The molecular weight excluding hydrogens is 809 g/mol. The zero-order valence-corrected chi connectivity index (χ0v) is 37.5. The summed E-state index contributed by atoms with van der Waals surface area (Å²) in [5, 5.41) is 0. The van der Waals surface area contributed by atoms with Crippen molar-refractivity contribution in [3.8, 4) is 0 Å². The minimum absolute atomic E-state index is 0.0534. The number of hydrogen-bond acceptors (Lipinski definition) is 14. The maximum Gasteiger partial charge on any atom is 0.316 e. The monoisotopic (exact) mass is 870 g/mol. The molecule has 4 saturated carbocycles. The highest BCUT2D eigenvalue weighted by Gasteiger charge is 2.67. The third-order valence-electron chi connectivity index (χ3n) is 14.5. The number of thiocarbonyl (C=S) groups is 2. The van der Waals surface area contributed by atoms with Crippen LogP contribution < -0.4 is 0 Å².